The number of β-amino-alcohol motifs (C(OH)–C–C–N with tert-alkyl or cyclic N) is 1. The Hall–Kier alpha value is -0.920. The number of amides is 1. The normalized spacial score (nSPS) is 19.4. The summed E-state index contributed by atoms with van der Waals surface area (Å²) in [5.74, 6) is 0.175. The number of hydrogen-bond donors (Lipinski definition) is 3. The van der Waals surface area contributed by atoms with Gasteiger partial charge in [0, 0.05) is 32.0 Å². The van der Waals surface area contributed by atoms with E-state index in [9.17, 15) is 9.90 Å². The summed E-state index contributed by atoms with van der Waals surface area (Å²) in [7, 11) is 0. The Labute approximate surface area is 177 Å². The molecule has 1 aromatic carbocycles. The molecule has 8 heteroatoms. The maximum absolute atomic E-state index is 13.0. The van der Waals surface area contributed by atoms with Crippen LogP contribution in [-0.4, -0.2) is 41.7 Å². The molecule has 3 rings (SSSR count). The number of para-hydroxylation sites is 1. The summed E-state index contributed by atoms with van der Waals surface area (Å²) in [6.45, 7) is 6.03. The van der Waals surface area contributed by atoms with E-state index < -0.39 is 5.41 Å². The molecule has 0 radical (unpaired) electrons. The summed E-state index contributed by atoms with van der Waals surface area (Å²) < 4.78 is 1.17. The molecule has 2 unspecified atom stereocenters. The number of nitrogens with zero attached hydrogens (tertiary/aromatic N) is 1. The second kappa shape index (κ2) is 10.6. The van der Waals surface area contributed by atoms with Gasteiger partial charge in [0.2, 0.25) is 5.91 Å². The van der Waals surface area contributed by atoms with Gasteiger partial charge in [-0.25, -0.2) is 4.98 Å². The van der Waals surface area contributed by atoms with Crippen LogP contribution in [0.3, 0.4) is 0 Å². The Morgan fingerprint density at radius 3 is 2.59 bits per heavy atom. The first kappa shape index (κ1) is 24.1. The van der Waals surface area contributed by atoms with Gasteiger partial charge in [-0.15, -0.1) is 36.2 Å². The molecule has 27 heavy (non-hydrogen) atoms. The molecule has 1 aromatic heterocycles. The number of aliphatic hydroxyl groups excluding tert-OH is 1. The van der Waals surface area contributed by atoms with Crippen molar-refractivity contribution in [2.75, 3.05) is 19.6 Å². The Bertz CT molecular complexity index is 704. The van der Waals surface area contributed by atoms with E-state index in [-0.39, 0.29) is 42.7 Å². The van der Waals surface area contributed by atoms with Crippen LogP contribution in [-0.2, 0) is 11.2 Å². The van der Waals surface area contributed by atoms with Crippen LogP contribution in [0, 0.1) is 11.3 Å². The van der Waals surface area contributed by atoms with Gasteiger partial charge in [-0.1, -0.05) is 26.0 Å². The molecule has 1 fully saturated rings. The fourth-order valence-corrected chi connectivity index (χ4v) is 4.64. The minimum Gasteiger partial charge on any atom is -0.391 e. The molecule has 1 aliphatic heterocycles. The first-order valence-electron chi connectivity index (χ1n) is 9.09. The summed E-state index contributed by atoms with van der Waals surface area (Å²) in [5.41, 5.74) is 0.564. The van der Waals surface area contributed by atoms with Gasteiger partial charge in [-0.2, -0.15) is 0 Å². The van der Waals surface area contributed by atoms with E-state index in [1.807, 2.05) is 18.2 Å². The van der Waals surface area contributed by atoms with E-state index in [0.717, 1.165) is 29.9 Å². The first-order valence-corrected chi connectivity index (χ1v) is 9.91. The maximum Gasteiger partial charge on any atom is 0.226 e. The summed E-state index contributed by atoms with van der Waals surface area (Å²) in [6.07, 6.45) is 1.84. The number of benzene rings is 1. The number of rotatable bonds is 7. The Morgan fingerprint density at radius 2 is 2.00 bits per heavy atom. The number of nitrogens with one attached hydrogen (secondary N) is 2. The second-order valence-electron chi connectivity index (χ2n) is 6.94. The average molecular weight is 434 g/mol. The molecule has 0 saturated carbocycles. The number of halogens is 2. The number of fused-ring (bicyclic) bond motifs is 1. The number of aliphatic hydroxyl groups is 1. The van der Waals surface area contributed by atoms with Gasteiger partial charge in [0.15, 0.2) is 0 Å². The molecule has 2 heterocycles. The SMILES string of the molecule is CCC(CC)(Cc1nc2ccccc2s1)C(=O)NCC1CNCC1O.Cl.Cl. The van der Waals surface area contributed by atoms with Crippen molar-refractivity contribution in [3.05, 3.63) is 29.3 Å². The van der Waals surface area contributed by atoms with Gasteiger partial charge in [0.1, 0.15) is 0 Å². The van der Waals surface area contributed by atoms with Gasteiger partial charge < -0.3 is 15.7 Å². The van der Waals surface area contributed by atoms with Crippen molar-refractivity contribution in [1.82, 2.24) is 15.6 Å². The zero-order valence-corrected chi connectivity index (χ0v) is 18.2. The highest BCUT2D eigenvalue weighted by molar-refractivity contribution is 7.18. The van der Waals surface area contributed by atoms with Crippen molar-refractivity contribution in [3.8, 4) is 0 Å². The topological polar surface area (TPSA) is 74.2 Å². The fraction of sp³-hybridized carbons (Fsp3) is 0.579. The van der Waals surface area contributed by atoms with Crippen molar-refractivity contribution in [2.24, 2.45) is 11.3 Å². The van der Waals surface area contributed by atoms with Gasteiger partial charge >= 0.3 is 0 Å². The predicted molar refractivity (Wildman–Crippen MR) is 116 cm³/mol. The van der Waals surface area contributed by atoms with Crippen LogP contribution < -0.4 is 10.6 Å². The molecule has 1 aliphatic rings. The van der Waals surface area contributed by atoms with E-state index >= 15 is 0 Å². The molecule has 0 spiro atoms. The monoisotopic (exact) mass is 433 g/mol. The van der Waals surface area contributed by atoms with Crippen LogP contribution in [0.25, 0.3) is 10.2 Å². The number of aromatic nitrogens is 1. The molecule has 152 valence electrons. The molecule has 3 N–H and O–H groups in total. The molecule has 1 amide bonds. The lowest BCUT2D eigenvalue weighted by Crippen LogP contribution is -2.45. The van der Waals surface area contributed by atoms with Crippen molar-refractivity contribution in [2.45, 2.75) is 39.2 Å². The summed E-state index contributed by atoms with van der Waals surface area (Å²) in [4.78, 5) is 17.7. The van der Waals surface area contributed by atoms with Crippen LogP contribution in [0.1, 0.15) is 31.7 Å². The molecular weight excluding hydrogens is 405 g/mol. The standard InChI is InChI=1S/C19H27N3O2S.2ClH/c1-3-19(4-2,18(24)21-11-13-10-20-12-15(13)23)9-17-22-14-7-5-6-8-16(14)25-17;;/h5-8,13,15,20,23H,3-4,9-12H2,1-2H3,(H,21,24);2*1H. The van der Waals surface area contributed by atoms with Gasteiger partial charge in [0.05, 0.1) is 26.7 Å². The van der Waals surface area contributed by atoms with E-state index in [2.05, 4.69) is 30.5 Å². The Morgan fingerprint density at radius 1 is 1.30 bits per heavy atom. The van der Waals surface area contributed by atoms with Crippen LogP contribution in [0.5, 0.6) is 0 Å². The highest BCUT2D eigenvalue weighted by Gasteiger charge is 2.37. The zero-order valence-electron chi connectivity index (χ0n) is 15.7. The smallest absolute Gasteiger partial charge is 0.226 e. The van der Waals surface area contributed by atoms with Crippen LogP contribution >= 0.6 is 36.2 Å². The van der Waals surface area contributed by atoms with Crippen LogP contribution in [0.15, 0.2) is 24.3 Å². The lowest BCUT2D eigenvalue weighted by Gasteiger charge is -2.30. The van der Waals surface area contributed by atoms with Crippen molar-refractivity contribution in [3.63, 3.8) is 0 Å². The summed E-state index contributed by atoms with van der Waals surface area (Å²) >= 11 is 1.67. The van der Waals surface area contributed by atoms with E-state index in [0.29, 0.717) is 19.5 Å². The Balaban J connectivity index is 0.00000182. The van der Waals surface area contributed by atoms with Crippen molar-refractivity contribution in [1.29, 1.82) is 0 Å². The first-order chi connectivity index (χ1) is 12.1. The third-order valence-corrected chi connectivity index (χ3v) is 6.53. The van der Waals surface area contributed by atoms with Gasteiger partial charge in [-0.3, -0.25) is 4.79 Å². The number of hydrogen-bond acceptors (Lipinski definition) is 5. The van der Waals surface area contributed by atoms with Crippen molar-refractivity contribution < 1.29 is 9.90 Å². The minimum absolute atomic E-state index is 0. The largest absolute Gasteiger partial charge is 0.391 e. The van der Waals surface area contributed by atoms with E-state index in [1.54, 1.807) is 11.3 Å². The summed E-state index contributed by atoms with van der Waals surface area (Å²) in [6, 6.07) is 8.10. The minimum atomic E-state index is -0.440. The second-order valence-corrected chi connectivity index (χ2v) is 8.05. The molecule has 1 saturated heterocycles. The van der Waals surface area contributed by atoms with Crippen LogP contribution in [0.4, 0.5) is 0 Å². The number of carbonyl (C=O) groups is 1. The zero-order chi connectivity index (χ0) is 17.9. The van der Waals surface area contributed by atoms with Crippen LogP contribution in [0.2, 0.25) is 0 Å². The predicted octanol–water partition coefficient (Wildman–Crippen LogP) is 3.19. The van der Waals surface area contributed by atoms with Gasteiger partial charge in [-0.05, 0) is 25.0 Å². The fourth-order valence-electron chi connectivity index (χ4n) is 3.53. The molecule has 2 aromatic rings. The quantitative estimate of drug-likeness (QED) is 0.626. The third-order valence-electron chi connectivity index (χ3n) is 5.49. The maximum atomic E-state index is 13.0. The lowest BCUT2D eigenvalue weighted by atomic mass is 9.78. The molecule has 0 aliphatic carbocycles. The third kappa shape index (κ3) is 5.33. The molecule has 0 bridgehead atoms. The van der Waals surface area contributed by atoms with E-state index in [1.165, 1.54) is 4.70 Å². The lowest BCUT2D eigenvalue weighted by molar-refractivity contribution is -0.131. The highest BCUT2D eigenvalue weighted by atomic mass is 35.5. The Kier molecular flexibility index (Phi) is 9.45. The summed E-state index contributed by atoms with van der Waals surface area (Å²) in [5, 5.41) is 17.2. The van der Waals surface area contributed by atoms with Crippen molar-refractivity contribution >= 4 is 52.3 Å². The number of thiazole rings is 1. The molecular formula is C19H29Cl2N3O2S. The van der Waals surface area contributed by atoms with E-state index in [4.69, 9.17) is 4.98 Å². The highest BCUT2D eigenvalue weighted by Crippen LogP contribution is 2.34. The average Bonchev–Trinajstić information content (AvgIpc) is 3.22. The number of carbonyl (C=O) groups excluding carboxylic acids is 1. The molecule has 2 atom stereocenters. The molecule has 5 nitrogen and oxygen atoms in total. The van der Waals surface area contributed by atoms with Gasteiger partial charge in [0.25, 0.3) is 0 Å².